The van der Waals surface area contributed by atoms with Gasteiger partial charge in [-0.2, -0.15) is 0 Å². The molecule has 0 fully saturated rings. The number of ether oxygens (including phenoxy) is 2. The number of hydrogen-bond acceptors (Lipinski definition) is 5. The number of rotatable bonds is 7. The summed E-state index contributed by atoms with van der Waals surface area (Å²) in [6.45, 7) is 0.457. The van der Waals surface area contributed by atoms with Gasteiger partial charge >= 0.3 is 5.97 Å². The van der Waals surface area contributed by atoms with Gasteiger partial charge in [-0.05, 0) is 63.4 Å². The van der Waals surface area contributed by atoms with Crippen LogP contribution in [0.4, 0.5) is 0 Å². The van der Waals surface area contributed by atoms with E-state index in [-0.39, 0.29) is 0 Å². The summed E-state index contributed by atoms with van der Waals surface area (Å²) in [5, 5.41) is 4.42. The molecule has 0 N–H and O–H groups in total. The predicted octanol–water partition coefficient (Wildman–Crippen LogP) is 7.53. The third-order valence-corrected chi connectivity index (χ3v) is 6.97. The molecule has 0 saturated carbocycles. The van der Waals surface area contributed by atoms with Crippen LogP contribution in [0.1, 0.15) is 15.9 Å². The van der Waals surface area contributed by atoms with Gasteiger partial charge in [-0.15, -0.1) is 0 Å². The quantitative estimate of drug-likeness (QED) is 0.208. The van der Waals surface area contributed by atoms with Crippen LogP contribution in [-0.2, 0) is 11.2 Å². The molecular weight excluding hydrogens is 484 g/mol. The highest BCUT2D eigenvalue weighted by Crippen LogP contribution is 2.36. The zero-order valence-corrected chi connectivity index (χ0v) is 21.5. The smallest absolute Gasteiger partial charge is 0.337 e. The number of fused-ring (bicyclic) bond motifs is 2. The Balaban J connectivity index is 1.25. The average Bonchev–Trinajstić information content (AvgIpc) is 3.00. The fourth-order valence-electron chi connectivity index (χ4n) is 4.95. The molecule has 5 heteroatoms. The molecule has 6 aromatic rings. The van der Waals surface area contributed by atoms with Crippen LogP contribution in [0.25, 0.3) is 43.8 Å². The number of hydrogen-bond donors (Lipinski definition) is 0. The maximum absolute atomic E-state index is 12.3. The fourth-order valence-corrected chi connectivity index (χ4v) is 4.95. The molecular formula is C34H26N2O3. The van der Waals surface area contributed by atoms with Crippen LogP contribution >= 0.6 is 0 Å². The molecule has 39 heavy (non-hydrogen) atoms. The minimum Gasteiger partial charge on any atom is -0.493 e. The predicted molar refractivity (Wildman–Crippen MR) is 155 cm³/mol. The number of esters is 1. The largest absolute Gasteiger partial charge is 0.493 e. The number of nitrogens with zero attached hydrogens (tertiary/aromatic N) is 2. The summed E-state index contributed by atoms with van der Waals surface area (Å²) in [4.78, 5) is 20.9. The van der Waals surface area contributed by atoms with Gasteiger partial charge in [0.05, 0.1) is 19.3 Å². The number of benzene rings is 4. The van der Waals surface area contributed by atoms with E-state index in [0.29, 0.717) is 17.9 Å². The average molecular weight is 511 g/mol. The van der Waals surface area contributed by atoms with E-state index >= 15 is 0 Å². The summed E-state index contributed by atoms with van der Waals surface area (Å²) >= 11 is 0. The van der Waals surface area contributed by atoms with E-state index in [9.17, 15) is 4.79 Å². The second-order valence-electron chi connectivity index (χ2n) is 9.30. The first-order valence-corrected chi connectivity index (χ1v) is 12.8. The summed E-state index contributed by atoms with van der Waals surface area (Å²) in [7, 11) is 1.38. The molecule has 4 aromatic carbocycles. The van der Waals surface area contributed by atoms with Gasteiger partial charge in [-0.3, -0.25) is 9.97 Å². The lowest BCUT2D eigenvalue weighted by atomic mass is 9.97. The monoisotopic (exact) mass is 510 g/mol. The van der Waals surface area contributed by atoms with Crippen LogP contribution in [-0.4, -0.2) is 29.7 Å². The maximum atomic E-state index is 12.3. The number of methoxy groups -OCH3 is 1. The third-order valence-electron chi connectivity index (χ3n) is 6.97. The summed E-state index contributed by atoms with van der Waals surface area (Å²) in [5.41, 5.74) is 5.83. The van der Waals surface area contributed by atoms with Crippen LogP contribution in [0, 0.1) is 0 Å². The Labute approximate surface area is 226 Å². The van der Waals surface area contributed by atoms with Crippen molar-refractivity contribution in [2.45, 2.75) is 6.42 Å². The van der Waals surface area contributed by atoms with Crippen LogP contribution in [0.15, 0.2) is 116 Å². The standard InChI is InChI=1S/C34H26N2O3/c1-38-34(37)27-12-13-30(29-7-3-5-25-15-18-36-22-32(25)29)33(20-27)39-19-16-23-8-10-26(11-9-23)28-6-2-4-24-14-17-35-21-31(24)28/h2-15,17-18,20-22H,16,19H2,1H3. The van der Waals surface area contributed by atoms with Gasteiger partial charge in [0.2, 0.25) is 0 Å². The second-order valence-corrected chi connectivity index (χ2v) is 9.30. The molecule has 0 radical (unpaired) electrons. The van der Waals surface area contributed by atoms with Gasteiger partial charge in [0.1, 0.15) is 5.75 Å². The Bertz CT molecular complexity index is 1780. The van der Waals surface area contributed by atoms with Crippen LogP contribution in [0.3, 0.4) is 0 Å². The summed E-state index contributed by atoms with van der Waals surface area (Å²) in [6, 6.07) is 30.4. The van der Waals surface area contributed by atoms with Crippen LogP contribution < -0.4 is 4.74 Å². The molecule has 0 saturated heterocycles. The SMILES string of the molecule is COC(=O)c1ccc(-c2cccc3ccncc23)c(OCCc2ccc(-c3cccc4ccncc34)cc2)c1. The van der Waals surface area contributed by atoms with E-state index in [1.165, 1.54) is 12.5 Å². The van der Waals surface area contributed by atoms with E-state index in [1.807, 2.05) is 48.9 Å². The van der Waals surface area contributed by atoms with Crippen molar-refractivity contribution >= 4 is 27.5 Å². The highest BCUT2D eigenvalue weighted by atomic mass is 16.5. The topological polar surface area (TPSA) is 61.3 Å². The van der Waals surface area contributed by atoms with Crippen LogP contribution in [0.5, 0.6) is 5.75 Å². The molecule has 190 valence electrons. The number of aromatic nitrogens is 2. The van der Waals surface area contributed by atoms with Crippen molar-refractivity contribution in [3.05, 3.63) is 127 Å². The van der Waals surface area contributed by atoms with E-state index < -0.39 is 5.97 Å². The molecule has 0 aliphatic heterocycles. The van der Waals surface area contributed by atoms with Gasteiger partial charge in [-0.25, -0.2) is 4.79 Å². The number of pyridine rings is 2. The Morgan fingerprint density at radius 1 is 0.718 bits per heavy atom. The maximum Gasteiger partial charge on any atom is 0.337 e. The van der Waals surface area contributed by atoms with E-state index in [4.69, 9.17) is 9.47 Å². The summed E-state index contributed by atoms with van der Waals surface area (Å²) in [6.07, 6.45) is 8.09. The van der Waals surface area contributed by atoms with Crippen molar-refractivity contribution in [3.63, 3.8) is 0 Å². The highest BCUT2D eigenvalue weighted by Gasteiger charge is 2.15. The molecule has 2 heterocycles. The van der Waals surface area contributed by atoms with Gasteiger partial charge in [0.15, 0.2) is 0 Å². The van der Waals surface area contributed by atoms with Crippen LogP contribution in [0.2, 0.25) is 0 Å². The normalized spacial score (nSPS) is 11.0. The number of carbonyl (C=O) groups excluding carboxylic acids is 1. The Kier molecular flexibility index (Phi) is 6.71. The Hall–Kier alpha value is -5.03. The minimum atomic E-state index is -0.398. The Morgan fingerprint density at radius 3 is 2.08 bits per heavy atom. The summed E-state index contributed by atoms with van der Waals surface area (Å²) < 4.78 is 11.3. The third kappa shape index (κ3) is 4.94. The van der Waals surface area contributed by atoms with Crippen molar-refractivity contribution in [2.75, 3.05) is 13.7 Å². The molecule has 0 bridgehead atoms. The first-order chi connectivity index (χ1) is 19.2. The first kappa shape index (κ1) is 24.3. The molecule has 0 aliphatic carbocycles. The fraction of sp³-hybridized carbons (Fsp3) is 0.0882. The Morgan fingerprint density at radius 2 is 1.38 bits per heavy atom. The lowest BCUT2D eigenvalue weighted by Crippen LogP contribution is -2.06. The molecule has 0 aliphatic rings. The van der Waals surface area contributed by atoms with Gasteiger partial charge in [-0.1, -0.05) is 60.7 Å². The minimum absolute atomic E-state index is 0.398. The van der Waals surface area contributed by atoms with Gasteiger partial charge in [0.25, 0.3) is 0 Å². The van der Waals surface area contributed by atoms with E-state index in [1.54, 1.807) is 18.3 Å². The number of carbonyl (C=O) groups is 1. The molecule has 5 nitrogen and oxygen atoms in total. The van der Waals surface area contributed by atoms with Crippen molar-refractivity contribution in [2.24, 2.45) is 0 Å². The van der Waals surface area contributed by atoms with Gasteiger partial charge < -0.3 is 9.47 Å². The molecule has 0 unspecified atom stereocenters. The van der Waals surface area contributed by atoms with Crippen molar-refractivity contribution in [1.82, 2.24) is 9.97 Å². The lowest BCUT2D eigenvalue weighted by molar-refractivity contribution is 0.0600. The second kappa shape index (κ2) is 10.8. The van der Waals surface area contributed by atoms with Gasteiger partial charge in [0, 0.05) is 47.5 Å². The molecule has 2 aromatic heterocycles. The lowest BCUT2D eigenvalue weighted by Gasteiger charge is -2.15. The molecule has 0 amide bonds. The molecule has 0 spiro atoms. The molecule has 0 atom stereocenters. The first-order valence-electron chi connectivity index (χ1n) is 12.8. The molecule has 6 rings (SSSR count). The van der Waals surface area contributed by atoms with Crippen molar-refractivity contribution in [3.8, 4) is 28.0 Å². The zero-order chi connectivity index (χ0) is 26.6. The van der Waals surface area contributed by atoms with E-state index in [0.717, 1.165) is 50.4 Å². The highest BCUT2D eigenvalue weighted by molar-refractivity contribution is 5.99. The van der Waals surface area contributed by atoms with Crippen molar-refractivity contribution < 1.29 is 14.3 Å². The zero-order valence-electron chi connectivity index (χ0n) is 21.5. The van der Waals surface area contributed by atoms with E-state index in [2.05, 4.69) is 58.5 Å². The summed E-state index contributed by atoms with van der Waals surface area (Å²) in [5.74, 6) is 0.235. The van der Waals surface area contributed by atoms with Crippen molar-refractivity contribution in [1.29, 1.82) is 0 Å².